The summed E-state index contributed by atoms with van der Waals surface area (Å²) in [6.07, 6.45) is 9.27. The van der Waals surface area contributed by atoms with Gasteiger partial charge in [0, 0.05) is 31.4 Å². The van der Waals surface area contributed by atoms with Crippen molar-refractivity contribution in [1.29, 1.82) is 0 Å². The SMILES string of the molecule is O=C(NCc1ccc(OCC2CC2)nc1)N1CC[C@@H]2CCC[C@@H]21. The predicted molar refractivity (Wildman–Crippen MR) is 87.1 cm³/mol. The molecule has 0 radical (unpaired) electrons. The standard InChI is InChI=1S/C18H25N3O2/c22-18(21-9-8-15-2-1-3-16(15)21)20-11-14-6-7-17(19-10-14)23-12-13-4-5-13/h6-7,10,13,15-16H,1-5,8-9,11-12H2,(H,20,22)/t15-,16-/m0/s1. The Hall–Kier alpha value is -1.78. The van der Waals surface area contributed by atoms with Crippen molar-refractivity contribution in [2.75, 3.05) is 13.2 Å². The van der Waals surface area contributed by atoms with Crippen LogP contribution < -0.4 is 10.1 Å². The normalized spacial score (nSPS) is 26.2. The molecular formula is C18H25N3O2. The number of hydrogen-bond donors (Lipinski definition) is 1. The Kier molecular flexibility index (Phi) is 4.10. The molecule has 1 aliphatic heterocycles. The third-order valence-electron chi connectivity index (χ3n) is 5.43. The van der Waals surface area contributed by atoms with Crippen molar-refractivity contribution in [3.05, 3.63) is 23.9 Å². The van der Waals surface area contributed by atoms with Crippen LogP contribution in [0.2, 0.25) is 0 Å². The second-order valence-corrected chi connectivity index (χ2v) is 7.16. The van der Waals surface area contributed by atoms with E-state index < -0.39 is 0 Å². The number of nitrogens with zero attached hydrogens (tertiary/aromatic N) is 2. The highest BCUT2D eigenvalue weighted by atomic mass is 16.5. The number of nitrogens with one attached hydrogen (secondary N) is 1. The lowest BCUT2D eigenvalue weighted by Crippen LogP contribution is -2.42. The van der Waals surface area contributed by atoms with Crippen molar-refractivity contribution in [2.24, 2.45) is 11.8 Å². The number of carbonyl (C=O) groups excluding carboxylic acids is 1. The molecule has 2 atom stereocenters. The van der Waals surface area contributed by atoms with Crippen LogP contribution in [0.4, 0.5) is 4.79 Å². The average molecular weight is 315 g/mol. The molecule has 1 aromatic rings. The molecular weight excluding hydrogens is 290 g/mol. The fourth-order valence-electron chi connectivity index (χ4n) is 3.86. The van der Waals surface area contributed by atoms with E-state index in [0.717, 1.165) is 30.6 Å². The Labute approximate surface area is 137 Å². The van der Waals surface area contributed by atoms with Gasteiger partial charge in [0.1, 0.15) is 0 Å². The molecule has 5 nitrogen and oxygen atoms in total. The molecule has 0 unspecified atom stereocenters. The maximum Gasteiger partial charge on any atom is 0.317 e. The van der Waals surface area contributed by atoms with E-state index in [1.807, 2.05) is 17.0 Å². The fourth-order valence-corrected chi connectivity index (χ4v) is 3.86. The van der Waals surface area contributed by atoms with Crippen molar-refractivity contribution in [3.63, 3.8) is 0 Å². The molecule has 2 saturated carbocycles. The smallest absolute Gasteiger partial charge is 0.317 e. The van der Waals surface area contributed by atoms with Crippen LogP contribution in [0.15, 0.2) is 18.3 Å². The maximum absolute atomic E-state index is 12.4. The number of fused-ring (bicyclic) bond motifs is 1. The summed E-state index contributed by atoms with van der Waals surface area (Å²) in [5.41, 5.74) is 1.01. The summed E-state index contributed by atoms with van der Waals surface area (Å²) in [6, 6.07) is 4.43. The van der Waals surface area contributed by atoms with E-state index in [2.05, 4.69) is 10.3 Å². The first-order chi connectivity index (χ1) is 11.3. The molecule has 1 saturated heterocycles. The van der Waals surface area contributed by atoms with Gasteiger partial charge < -0.3 is 15.0 Å². The Morgan fingerprint density at radius 2 is 2.17 bits per heavy atom. The van der Waals surface area contributed by atoms with Crippen molar-refractivity contribution in [1.82, 2.24) is 15.2 Å². The molecule has 0 bridgehead atoms. The van der Waals surface area contributed by atoms with Gasteiger partial charge in [-0.1, -0.05) is 12.5 Å². The van der Waals surface area contributed by atoms with Crippen molar-refractivity contribution in [2.45, 2.75) is 51.1 Å². The number of amides is 2. The monoisotopic (exact) mass is 315 g/mol. The quantitative estimate of drug-likeness (QED) is 0.909. The van der Waals surface area contributed by atoms with Crippen LogP contribution in [0.25, 0.3) is 0 Å². The first kappa shape index (κ1) is 14.8. The number of carbonyl (C=O) groups is 1. The van der Waals surface area contributed by atoms with Gasteiger partial charge in [-0.25, -0.2) is 9.78 Å². The van der Waals surface area contributed by atoms with E-state index in [9.17, 15) is 4.79 Å². The maximum atomic E-state index is 12.4. The van der Waals surface area contributed by atoms with E-state index in [0.29, 0.717) is 18.5 Å². The lowest BCUT2D eigenvalue weighted by Gasteiger charge is -2.24. The van der Waals surface area contributed by atoms with Gasteiger partial charge in [0.05, 0.1) is 6.61 Å². The lowest BCUT2D eigenvalue weighted by atomic mass is 10.1. The van der Waals surface area contributed by atoms with Crippen LogP contribution in [-0.2, 0) is 6.54 Å². The molecule has 3 fully saturated rings. The van der Waals surface area contributed by atoms with Crippen molar-refractivity contribution < 1.29 is 9.53 Å². The summed E-state index contributed by atoms with van der Waals surface area (Å²) >= 11 is 0. The third kappa shape index (κ3) is 3.43. The van der Waals surface area contributed by atoms with Gasteiger partial charge in [0.15, 0.2) is 0 Å². The molecule has 1 N–H and O–H groups in total. The summed E-state index contributed by atoms with van der Waals surface area (Å²) in [5, 5.41) is 3.04. The first-order valence-electron chi connectivity index (χ1n) is 8.92. The van der Waals surface area contributed by atoms with Gasteiger partial charge in [0.25, 0.3) is 0 Å². The predicted octanol–water partition coefficient (Wildman–Crippen LogP) is 2.95. The zero-order valence-corrected chi connectivity index (χ0v) is 13.5. The molecule has 23 heavy (non-hydrogen) atoms. The minimum atomic E-state index is 0.0773. The number of hydrogen-bond acceptors (Lipinski definition) is 3. The van der Waals surface area contributed by atoms with E-state index in [1.54, 1.807) is 6.20 Å². The molecule has 2 amide bonds. The second kappa shape index (κ2) is 6.38. The van der Waals surface area contributed by atoms with Crippen LogP contribution >= 0.6 is 0 Å². The Morgan fingerprint density at radius 1 is 1.26 bits per heavy atom. The van der Waals surface area contributed by atoms with Crippen molar-refractivity contribution >= 4 is 6.03 Å². The fraction of sp³-hybridized carbons (Fsp3) is 0.667. The highest BCUT2D eigenvalue weighted by molar-refractivity contribution is 5.75. The highest BCUT2D eigenvalue weighted by Gasteiger charge is 2.39. The topological polar surface area (TPSA) is 54.5 Å². The number of pyridine rings is 1. The molecule has 4 rings (SSSR count). The van der Waals surface area contributed by atoms with Crippen LogP contribution in [0.5, 0.6) is 5.88 Å². The summed E-state index contributed by atoms with van der Waals surface area (Å²) in [6.45, 7) is 2.22. The largest absolute Gasteiger partial charge is 0.477 e. The zero-order chi connectivity index (χ0) is 15.6. The second-order valence-electron chi connectivity index (χ2n) is 7.16. The molecule has 0 spiro atoms. The van der Waals surface area contributed by atoms with Gasteiger partial charge in [0.2, 0.25) is 5.88 Å². The third-order valence-corrected chi connectivity index (χ3v) is 5.43. The molecule has 2 aliphatic carbocycles. The molecule has 2 heterocycles. The van der Waals surface area contributed by atoms with Crippen LogP contribution in [-0.4, -0.2) is 35.1 Å². The summed E-state index contributed by atoms with van der Waals surface area (Å²) in [5.74, 6) is 2.15. The molecule has 0 aromatic carbocycles. The molecule has 5 heteroatoms. The van der Waals surface area contributed by atoms with Gasteiger partial charge >= 0.3 is 6.03 Å². The minimum Gasteiger partial charge on any atom is -0.477 e. The number of aromatic nitrogens is 1. The Balaban J connectivity index is 1.25. The molecule has 1 aromatic heterocycles. The summed E-state index contributed by atoms with van der Waals surface area (Å²) < 4.78 is 5.63. The van der Waals surface area contributed by atoms with Crippen LogP contribution in [0.1, 0.15) is 44.1 Å². The molecule has 3 aliphatic rings. The van der Waals surface area contributed by atoms with E-state index >= 15 is 0 Å². The Bertz CT molecular complexity index is 556. The van der Waals surface area contributed by atoms with Crippen molar-refractivity contribution in [3.8, 4) is 5.88 Å². The molecule has 124 valence electrons. The van der Waals surface area contributed by atoms with E-state index in [-0.39, 0.29) is 6.03 Å². The summed E-state index contributed by atoms with van der Waals surface area (Å²) in [4.78, 5) is 18.7. The number of urea groups is 1. The van der Waals surface area contributed by atoms with E-state index in [4.69, 9.17) is 4.74 Å². The highest BCUT2D eigenvalue weighted by Crippen LogP contribution is 2.37. The van der Waals surface area contributed by atoms with E-state index in [1.165, 1.54) is 38.5 Å². The zero-order valence-electron chi connectivity index (χ0n) is 13.5. The average Bonchev–Trinajstić information content (AvgIpc) is 3.13. The lowest BCUT2D eigenvalue weighted by molar-refractivity contribution is 0.189. The van der Waals surface area contributed by atoms with Gasteiger partial charge in [-0.05, 0) is 49.5 Å². The first-order valence-corrected chi connectivity index (χ1v) is 8.92. The number of ether oxygens (including phenoxy) is 1. The Morgan fingerprint density at radius 3 is 2.96 bits per heavy atom. The van der Waals surface area contributed by atoms with Gasteiger partial charge in [-0.3, -0.25) is 0 Å². The number of rotatable bonds is 5. The van der Waals surface area contributed by atoms with Crippen LogP contribution in [0, 0.1) is 11.8 Å². The minimum absolute atomic E-state index is 0.0773. The van der Waals surface area contributed by atoms with Gasteiger partial charge in [-0.2, -0.15) is 0 Å². The number of likely N-dealkylation sites (tertiary alicyclic amines) is 1. The summed E-state index contributed by atoms with van der Waals surface area (Å²) in [7, 11) is 0. The van der Waals surface area contributed by atoms with Crippen LogP contribution in [0.3, 0.4) is 0 Å². The van der Waals surface area contributed by atoms with Gasteiger partial charge in [-0.15, -0.1) is 0 Å².